The van der Waals surface area contributed by atoms with Crippen molar-refractivity contribution in [1.29, 1.82) is 0 Å². The predicted octanol–water partition coefficient (Wildman–Crippen LogP) is 1.08. The highest BCUT2D eigenvalue weighted by molar-refractivity contribution is 7.85. The van der Waals surface area contributed by atoms with E-state index in [-0.39, 0.29) is 25.3 Å². The highest BCUT2D eigenvalue weighted by Crippen LogP contribution is 2.07. The zero-order valence-electron chi connectivity index (χ0n) is 15.7. The molecule has 0 aliphatic rings. The predicted molar refractivity (Wildman–Crippen MR) is 108 cm³/mol. The first-order valence-electron chi connectivity index (χ1n) is 8.92. The van der Waals surface area contributed by atoms with Crippen molar-refractivity contribution in [3.63, 3.8) is 0 Å². The Hall–Kier alpha value is -3.20. The number of rotatable bonds is 10. The number of amides is 3. The summed E-state index contributed by atoms with van der Waals surface area (Å²) in [6.07, 6.45) is -0.647. The number of carbonyl (C=O) groups excluding carboxylic acids is 3. The molecule has 0 aliphatic carbocycles. The van der Waals surface area contributed by atoms with Crippen LogP contribution in [0, 0.1) is 0 Å². The summed E-state index contributed by atoms with van der Waals surface area (Å²) in [4.78, 5) is 35.9. The van der Waals surface area contributed by atoms with Gasteiger partial charge in [-0.25, -0.2) is 4.79 Å². The van der Waals surface area contributed by atoms with Gasteiger partial charge in [0.25, 0.3) is 0 Å². The molecule has 2 atom stereocenters. The lowest BCUT2D eigenvalue weighted by Gasteiger charge is -2.15. The molecule has 0 heterocycles. The van der Waals surface area contributed by atoms with Crippen LogP contribution in [-0.2, 0) is 31.7 Å². The first-order valence-corrected chi connectivity index (χ1v) is 10.2. The van der Waals surface area contributed by atoms with Crippen LogP contribution in [0.2, 0.25) is 0 Å². The number of nitrogens with two attached hydrogens (primary N) is 1. The van der Waals surface area contributed by atoms with E-state index in [9.17, 15) is 18.6 Å². The molecule has 8 nitrogen and oxygen atoms in total. The molecule has 0 saturated carbocycles. The zero-order valence-corrected chi connectivity index (χ0v) is 16.5. The Labute approximate surface area is 171 Å². The van der Waals surface area contributed by atoms with Gasteiger partial charge in [0, 0.05) is 10.6 Å². The molecule has 3 amide bonds. The highest BCUT2D eigenvalue weighted by Gasteiger charge is 2.19. The standard InChI is InChI=1S/C20H23N3O5S/c21-19(25)17(11-12-29(27)16-9-5-2-6-10-16)23-18(24)13-22-20(26)28-14-15-7-3-1-4-8-15/h1-10,17H,11-14H2,(H2,21,25)(H,22,26)(H,23,24)/t17-,29+/m1/s1. The fourth-order valence-corrected chi connectivity index (χ4v) is 3.52. The van der Waals surface area contributed by atoms with E-state index in [0.29, 0.717) is 4.90 Å². The normalized spacial score (nSPS) is 12.4. The number of benzene rings is 2. The molecule has 0 unspecified atom stereocenters. The smallest absolute Gasteiger partial charge is 0.407 e. The van der Waals surface area contributed by atoms with Crippen molar-refractivity contribution >= 4 is 28.7 Å². The Bertz CT molecular complexity index is 846. The molecule has 0 aliphatic heterocycles. The van der Waals surface area contributed by atoms with Crippen LogP contribution in [-0.4, -0.2) is 40.5 Å². The molecular weight excluding hydrogens is 394 g/mol. The van der Waals surface area contributed by atoms with Gasteiger partial charge < -0.3 is 21.1 Å². The van der Waals surface area contributed by atoms with Crippen molar-refractivity contribution in [2.24, 2.45) is 5.73 Å². The Balaban J connectivity index is 1.73. The quantitative estimate of drug-likeness (QED) is 0.533. The topological polar surface area (TPSA) is 128 Å². The molecule has 2 rings (SSSR count). The number of primary amides is 1. The summed E-state index contributed by atoms with van der Waals surface area (Å²) >= 11 is 0. The minimum atomic E-state index is -1.32. The van der Waals surface area contributed by atoms with Gasteiger partial charge in [-0.2, -0.15) is 0 Å². The molecular formula is C20H23N3O5S. The van der Waals surface area contributed by atoms with E-state index >= 15 is 0 Å². The van der Waals surface area contributed by atoms with Crippen LogP contribution >= 0.6 is 0 Å². The molecule has 154 valence electrons. The van der Waals surface area contributed by atoms with E-state index in [1.54, 1.807) is 36.4 Å². The van der Waals surface area contributed by atoms with Crippen molar-refractivity contribution in [2.45, 2.75) is 24.0 Å². The fourth-order valence-electron chi connectivity index (χ4n) is 2.37. The fraction of sp³-hybridized carbons (Fsp3) is 0.250. The number of hydrogen-bond donors (Lipinski definition) is 3. The van der Waals surface area contributed by atoms with Crippen LogP contribution in [0.25, 0.3) is 0 Å². The molecule has 0 bridgehead atoms. The molecule has 9 heteroatoms. The average molecular weight is 417 g/mol. The molecule has 0 spiro atoms. The van der Waals surface area contributed by atoms with Gasteiger partial charge in [0.15, 0.2) is 0 Å². The molecule has 0 radical (unpaired) electrons. The summed E-state index contributed by atoms with van der Waals surface area (Å²) in [7, 11) is -1.32. The molecule has 0 aromatic heterocycles. The molecule has 0 fully saturated rings. The number of alkyl carbamates (subject to hydrolysis) is 1. The van der Waals surface area contributed by atoms with E-state index in [4.69, 9.17) is 10.5 Å². The monoisotopic (exact) mass is 417 g/mol. The highest BCUT2D eigenvalue weighted by atomic mass is 32.2. The van der Waals surface area contributed by atoms with Gasteiger partial charge in [0.1, 0.15) is 19.2 Å². The minimum absolute atomic E-state index is 0.0729. The molecule has 0 saturated heterocycles. The summed E-state index contributed by atoms with van der Waals surface area (Å²) in [6, 6.07) is 16.9. The van der Waals surface area contributed by atoms with Gasteiger partial charge >= 0.3 is 6.09 Å². The maximum absolute atomic E-state index is 12.2. The maximum Gasteiger partial charge on any atom is 0.407 e. The molecule has 2 aromatic carbocycles. The van der Waals surface area contributed by atoms with E-state index < -0.39 is 34.7 Å². The van der Waals surface area contributed by atoms with Crippen LogP contribution in [0.4, 0.5) is 4.79 Å². The second-order valence-corrected chi connectivity index (χ2v) is 7.66. The van der Waals surface area contributed by atoms with Crippen LogP contribution in [0.5, 0.6) is 0 Å². The van der Waals surface area contributed by atoms with Crippen LogP contribution < -0.4 is 16.4 Å². The van der Waals surface area contributed by atoms with Crippen LogP contribution in [0.15, 0.2) is 65.6 Å². The minimum Gasteiger partial charge on any atom is -0.445 e. The van der Waals surface area contributed by atoms with Crippen LogP contribution in [0.1, 0.15) is 12.0 Å². The van der Waals surface area contributed by atoms with Crippen molar-refractivity contribution in [3.05, 3.63) is 66.2 Å². The van der Waals surface area contributed by atoms with Crippen molar-refractivity contribution < 1.29 is 23.3 Å². The molecule has 29 heavy (non-hydrogen) atoms. The number of carbonyl (C=O) groups is 3. The summed E-state index contributed by atoms with van der Waals surface area (Å²) < 4.78 is 17.2. The maximum atomic E-state index is 12.2. The van der Waals surface area contributed by atoms with E-state index in [1.807, 2.05) is 24.3 Å². The van der Waals surface area contributed by atoms with Crippen molar-refractivity contribution in [3.8, 4) is 0 Å². The van der Waals surface area contributed by atoms with Gasteiger partial charge in [-0.15, -0.1) is 0 Å². The van der Waals surface area contributed by atoms with E-state index in [1.165, 1.54) is 0 Å². The summed E-state index contributed by atoms with van der Waals surface area (Å²) in [5, 5.41) is 4.74. The van der Waals surface area contributed by atoms with Crippen molar-refractivity contribution in [2.75, 3.05) is 12.3 Å². The first-order chi connectivity index (χ1) is 14.0. The number of nitrogens with one attached hydrogen (secondary N) is 2. The largest absolute Gasteiger partial charge is 0.445 e. The van der Waals surface area contributed by atoms with Gasteiger partial charge in [0.05, 0.1) is 10.8 Å². The Morgan fingerprint density at radius 1 is 1.00 bits per heavy atom. The second-order valence-electron chi connectivity index (χ2n) is 6.09. The lowest BCUT2D eigenvalue weighted by atomic mass is 10.2. The van der Waals surface area contributed by atoms with Gasteiger partial charge in [-0.05, 0) is 24.1 Å². The third-order valence-corrected chi connectivity index (χ3v) is 5.29. The van der Waals surface area contributed by atoms with Crippen LogP contribution in [0.3, 0.4) is 0 Å². The third kappa shape index (κ3) is 8.14. The Kier molecular flexibility index (Phi) is 8.84. The van der Waals surface area contributed by atoms with E-state index in [0.717, 1.165) is 5.56 Å². The molecule has 2 aromatic rings. The Morgan fingerprint density at radius 2 is 1.62 bits per heavy atom. The van der Waals surface area contributed by atoms with Gasteiger partial charge in [-0.1, -0.05) is 48.5 Å². The summed E-state index contributed by atoms with van der Waals surface area (Å²) in [5.41, 5.74) is 6.13. The molecule has 4 N–H and O–H groups in total. The zero-order chi connectivity index (χ0) is 21.1. The Morgan fingerprint density at radius 3 is 2.24 bits per heavy atom. The average Bonchev–Trinajstić information content (AvgIpc) is 2.74. The second kappa shape index (κ2) is 11.6. The lowest BCUT2D eigenvalue weighted by molar-refractivity contribution is -0.126. The lowest BCUT2D eigenvalue weighted by Crippen LogP contribution is -2.48. The van der Waals surface area contributed by atoms with Crippen molar-refractivity contribution in [1.82, 2.24) is 10.6 Å². The van der Waals surface area contributed by atoms with Gasteiger partial charge in [0.2, 0.25) is 11.8 Å². The summed E-state index contributed by atoms with van der Waals surface area (Å²) in [5.74, 6) is -1.18. The SMILES string of the molecule is NC(=O)[C@@H](CC[S@](=O)c1ccccc1)NC(=O)CNC(=O)OCc1ccccc1. The summed E-state index contributed by atoms with van der Waals surface area (Å²) in [6.45, 7) is -0.303. The third-order valence-electron chi connectivity index (χ3n) is 3.88. The first kappa shape index (κ1) is 22.1. The number of hydrogen-bond acceptors (Lipinski definition) is 5. The van der Waals surface area contributed by atoms with Gasteiger partial charge in [-0.3, -0.25) is 13.8 Å². The van der Waals surface area contributed by atoms with E-state index in [2.05, 4.69) is 10.6 Å². The number of ether oxygens (including phenoxy) is 1.